The number of hydrogen-bond donors (Lipinski definition) is 0. The predicted molar refractivity (Wildman–Crippen MR) is 146 cm³/mol. The van der Waals surface area contributed by atoms with Gasteiger partial charge in [0.2, 0.25) is 0 Å². The first kappa shape index (κ1) is 30.5. The minimum atomic E-state index is -4.73. The third-order valence-electron chi connectivity index (χ3n) is 7.10. The van der Waals surface area contributed by atoms with Gasteiger partial charge in [0.1, 0.15) is 47.6 Å². The van der Waals surface area contributed by atoms with Crippen LogP contribution in [0.15, 0.2) is 59.9 Å². The van der Waals surface area contributed by atoms with Crippen LogP contribution in [0.25, 0.3) is 33.4 Å². The van der Waals surface area contributed by atoms with Crippen LogP contribution >= 0.6 is 0 Å². The van der Waals surface area contributed by atoms with Gasteiger partial charge in [-0.05, 0) is 47.5 Å². The van der Waals surface area contributed by atoms with E-state index in [1.54, 1.807) is 24.3 Å². The normalized spacial score (nSPS) is 13.5. The van der Waals surface area contributed by atoms with E-state index in [-0.39, 0.29) is 67.1 Å². The van der Waals surface area contributed by atoms with Gasteiger partial charge in [0.15, 0.2) is 0 Å². The summed E-state index contributed by atoms with van der Waals surface area (Å²) in [5, 5.41) is 59.6. The van der Waals surface area contributed by atoms with Gasteiger partial charge in [-0.1, -0.05) is 0 Å². The van der Waals surface area contributed by atoms with Gasteiger partial charge in [0, 0.05) is 45.8 Å². The lowest BCUT2D eigenvalue weighted by molar-refractivity contribution is -0.138. The van der Waals surface area contributed by atoms with Crippen LogP contribution < -0.4 is 0 Å². The number of nitriles is 6. The second kappa shape index (κ2) is 10.9. The van der Waals surface area contributed by atoms with Crippen molar-refractivity contribution in [3.8, 4) is 36.4 Å². The van der Waals surface area contributed by atoms with E-state index in [1.807, 2.05) is 12.1 Å². The Morgan fingerprint density at radius 3 is 1.11 bits per heavy atom. The minimum Gasteiger partial charge on any atom is -0.256 e. The maximum atomic E-state index is 13.2. The zero-order valence-corrected chi connectivity index (χ0v) is 22.5. The standard InChI is InChI=1S/C32H8F6N8/c33-31(34,35)17-1-3-25(45-13-17)29-23(11-43)19-5-22-20(6-21(19)27(29)15(7-39)8-40)24(12-44)30(28(22)16(9-41)10-42)26-4-2-18(14-46-26)32(36,37)38/h1-6,13-14H. The molecule has 0 atom stereocenters. The largest absolute Gasteiger partial charge is 0.417 e. The molecule has 0 spiro atoms. The SMILES string of the molecule is N#CC(C#N)=C1C(c2ccc(C(F)(F)F)cn2)=C(C#N)c2cc3c(cc21)C(C#N)=C(c1ccc(C(F)(F)F)cn1)C3=C(C#N)C#N. The molecule has 46 heavy (non-hydrogen) atoms. The number of nitrogens with zero attached hydrogens (tertiary/aromatic N) is 8. The summed E-state index contributed by atoms with van der Waals surface area (Å²) in [6.07, 6.45) is -8.43. The number of alkyl halides is 6. The zero-order chi connectivity index (χ0) is 33.6. The van der Waals surface area contributed by atoms with Crippen LogP contribution in [0.5, 0.6) is 0 Å². The quantitative estimate of drug-likeness (QED) is 0.218. The van der Waals surface area contributed by atoms with Gasteiger partial charge in [-0.2, -0.15) is 57.9 Å². The first-order valence-corrected chi connectivity index (χ1v) is 12.5. The van der Waals surface area contributed by atoms with Gasteiger partial charge < -0.3 is 0 Å². The molecule has 5 rings (SSSR count). The van der Waals surface area contributed by atoms with Gasteiger partial charge in [-0.3, -0.25) is 9.97 Å². The van der Waals surface area contributed by atoms with Gasteiger partial charge >= 0.3 is 12.4 Å². The van der Waals surface area contributed by atoms with E-state index in [4.69, 9.17) is 0 Å². The third-order valence-corrected chi connectivity index (χ3v) is 7.10. The van der Waals surface area contributed by atoms with Crippen LogP contribution in [-0.2, 0) is 12.4 Å². The van der Waals surface area contributed by atoms with Crippen LogP contribution in [0.3, 0.4) is 0 Å². The highest BCUT2D eigenvalue weighted by Gasteiger charge is 2.39. The molecule has 2 aliphatic carbocycles. The number of fused-ring (bicyclic) bond motifs is 2. The lowest BCUT2D eigenvalue weighted by Crippen LogP contribution is -2.06. The van der Waals surface area contributed by atoms with Crippen molar-refractivity contribution >= 4 is 33.4 Å². The van der Waals surface area contributed by atoms with Crippen molar-refractivity contribution in [2.24, 2.45) is 0 Å². The lowest BCUT2D eigenvalue weighted by Gasteiger charge is -2.11. The highest BCUT2D eigenvalue weighted by molar-refractivity contribution is 6.29. The maximum Gasteiger partial charge on any atom is 0.417 e. The average Bonchev–Trinajstić information content (AvgIpc) is 3.52. The number of rotatable bonds is 2. The predicted octanol–water partition coefficient (Wildman–Crippen LogP) is 7.01. The Kier molecular flexibility index (Phi) is 7.23. The van der Waals surface area contributed by atoms with Crippen LogP contribution in [0, 0.1) is 68.0 Å². The number of allylic oxidation sites excluding steroid dienone is 8. The first-order chi connectivity index (χ1) is 21.8. The second-order valence-electron chi connectivity index (χ2n) is 9.47. The fraction of sp³-hybridized carbons (Fsp3) is 0.0625. The van der Waals surface area contributed by atoms with E-state index >= 15 is 0 Å². The van der Waals surface area contributed by atoms with Crippen molar-refractivity contribution in [2.75, 3.05) is 0 Å². The smallest absolute Gasteiger partial charge is 0.256 e. The molecule has 2 aromatic heterocycles. The van der Waals surface area contributed by atoms with Crippen LogP contribution in [0.2, 0.25) is 0 Å². The summed E-state index contributed by atoms with van der Waals surface area (Å²) in [6.45, 7) is 0. The summed E-state index contributed by atoms with van der Waals surface area (Å²) in [6, 6.07) is 16.6. The van der Waals surface area contributed by atoms with Crippen molar-refractivity contribution in [1.29, 1.82) is 31.6 Å². The molecule has 0 N–H and O–H groups in total. The van der Waals surface area contributed by atoms with E-state index in [0.29, 0.717) is 24.5 Å². The van der Waals surface area contributed by atoms with Crippen LogP contribution in [0.4, 0.5) is 26.3 Å². The Balaban J connectivity index is 1.85. The van der Waals surface area contributed by atoms with Crippen LogP contribution in [-0.4, -0.2) is 9.97 Å². The average molecular weight is 618 g/mol. The lowest BCUT2D eigenvalue weighted by atomic mass is 9.91. The van der Waals surface area contributed by atoms with Crippen molar-refractivity contribution in [3.05, 3.63) is 105 Å². The summed E-state index contributed by atoms with van der Waals surface area (Å²) >= 11 is 0. The second-order valence-corrected chi connectivity index (χ2v) is 9.47. The summed E-state index contributed by atoms with van der Waals surface area (Å²) in [4.78, 5) is 7.68. The Morgan fingerprint density at radius 2 is 0.870 bits per heavy atom. The zero-order valence-electron chi connectivity index (χ0n) is 22.5. The Labute approximate surface area is 254 Å². The minimum absolute atomic E-state index is 0.0302. The number of benzene rings is 1. The molecule has 0 radical (unpaired) electrons. The van der Waals surface area contributed by atoms with Crippen LogP contribution in [0.1, 0.15) is 44.8 Å². The van der Waals surface area contributed by atoms with E-state index in [1.165, 1.54) is 12.1 Å². The molecule has 0 saturated carbocycles. The fourth-order valence-corrected chi connectivity index (χ4v) is 5.17. The van der Waals surface area contributed by atoms with Crippen molar-refractivity contribution in [3.63, 3.8) is 0 Å². The van der Waals surface area contributed by atoms with E-state index < -0.39 is 34.6 Å². The molecule has 0 amide bonds. The Hall–Kier alpha value is -7.00. The molecule has 0 unspecified atom stereocenters. The van der Waals surface area contributed by atoms with Gasteiger partial charge in [0.25, 0.3) is 0 Å². The molecule has 218 valence electrons. The molecular formula is C32H8F6N8. The Morgan fingerprint density at radius 1 is 0.522 bits per heavy atom. The third kappa shape index (κ3) is 4.70. The van der Waals surface area contributed by atoms with Gasteiger partial charge in [0.05, 0.1) is 33.7 Å². The number of halogens is 6. The molecule has 0 fully saturated rings. The monoisotopic (exact) mass is 618 g/mol. The molecule has 14 heteroatoms. The number of aromatic nitrogens is 2. The van der Waals surface area contributed by atoms with Gasteiger partial charge in [-0.15, -0.1) is 0 Å². The molecule has 3 aromatic rings. The molecule has 0 bridgehead atoms. The fourth-order valence-electron chi connectivity index (χ4n) is 5.17. The maximum absolute atomic E-state index is 13.2. The van der Waals surface area contributed by atoms with Gasteiger partial charge in [-0.25, -0.2) is 0 Å². The van der Waals surface area contributed by atoms with Crippen molar-refractivity contribution in [2.45, 2.75) is 12.4 Å². The summed E-state index contributed by atoms with van der Waals surface area (Å²) in [7, 11) is 0. The summed E-state index contributed by atoms with van der Waals surface area (Å²) in [5.74, 6) is 0. The summed E-state index contributed by atoms with van der Waals surface area (Å²) in [5.41, 5.74) is -4.60. The molecule has 8 nitrogen and oxygen atoms in total. The highest BCUT2D eigenvalue weighted by atomic mass is 19.4. The first-order valence-electron chi connectivity index (χ1n) is 12.5. The molecular weight excluding hydrogens is 610 g/mol. The molecule has 1 aromatic carbocycles. The highest BCUT2D eigenvalue weighted by Crippen LogP contribution is 2.54. The number of hydrogen-bond acceptors (Lipinski definition) is 8. The molecule has 2 aliphatic rings. The topological polar surface area (TPSA) is 169 Å². The van der Waals surface area contributed by atoms with E-state index in [2.05, 4.69) is 9.97 Å². The molecule has 0 saturated heterocycles. The van der Waals surface area contributed by atoms with Crippen molar-refractivity contribution < 1.29 is 26.3 Å². The van der Waals surface area contributed by atoms with Crippen molar-refractivity contribution in [1.82, 2.24) is 9.97 Å². The molecule has 0 aliphatic heterocycles. The Bertz CT molecular complexity index is 2060. The molecule has 2 heterocycles. The van der Waals surface area contributed by atoms with E-state index in [0.717, 1.165) is 12.1 Å². The number of pyridine rings is 2. The summed E-state index contributed by atoms with van der Waals surface area (Å²) < 4.78 is 79.3. The van der Waals surface area contributed by atoms with E-state index in [9.17, 15) is 57.9 Å².